The first-order valence-electron chi connectivity index (χ1n) is 13.3. The summed E-state index contributed by atoms with van der Waals surface area (Å²) < 4.78 is 2.13. The summed E-state index contributed by atoms with van der Waals surface area (Å²) in [6.07, 6.45) is 0. The number of rotatable bonds is 8. The molecule has 0 bridgehead atoms. The van der Waals surface area contributed by atoms with E-state index in [9.17, 15) is 20.1 Å². The molecule has 39 heavy (non-hydrogen) atoms. The van der Waals surface area contributed by atoms with E-state index in [2.05, 4.69) is 35.7 Å². The quantitative estimate of drug-likeness (QED) is 0.205. The van der Waals surface area contributed by atoms with Crippen molar-refractivity contribution in [2.24, 2.45) is 0 Å². The van der Waals surface area contributed by atoms with Gasteiger partial charge in [-0.15, -0.1) is 0 Å². The van der Waals surface area contributed by atoms with Crippen molar-refractivity contribution in [3.8, 4) is 0 Å². The van der Waals surface area contributed by atoms with Gasteiger partial charge in [0.2, 0.25) is 0 Å². The summed E-state index contributed by atoms with van der Waals surface area (Å²) in [6, 6.07) is 30.9. The van der Waals surface area contributed by atoms with Crippen LogP contribution in [0.4, 0.5) is 0 Å². The van der Waals surface area contributed by atoms with Crippen LogP contribution in [0, 0.1) is 0 Å². The third-order valence-electron chi connectivity index (χ3n) is 7.47. The van der Waals surface area contributed by atoms with Gasteiger partial charge in [0.25, 0.3) is 0 Å². The average Bonchev–Trinajstić information content (AvgIpc) is 2.91. The number of carbonyl (C=O) groups is 1. The fourth-order valence-corrected chi connectivity index (χ4v) is 29.6. The summed E-state index contributed by atoms with van der Waals surface area (Å²) in [5.74, 6) is -1.07. The Hall–Kier alpha value is -2.13. The molecule has 1 atom stereocenters. The van der Waals surface area contributed by atoms with E-state index < -0.39 is 53.9 Å². The van der Waals surface area contributed by atoms with Crippen LogP contribution in [-0.4, -0.2) is 58.0 Å². The molecule has 0 saturated heterocycles. The second kappa shape index (κ2) is 11.0. The van der Waals surface area contributed by atoms with Gasteiger partial charge in [0.05, 0.1) is 0 Å². The molecule has 0 aromatic heterocycles. The molecule has 0 amide bonds. The first-order chi connectivity index (χ1) is 18.2. The minimum absolute atomic E-state index is 0.152. The van der Waals surface area contributed by atoms with Gasteiger partial charge in [0.15, 0.2) is 0 Å². The van der Waals surface area contributed by atoms with Crippen LogP contribution in [0.15, 0.2) is 103 Å². The number of aliphatic hydroxyl groups is 2. The molecular formula is C33H38O4Sn2. The predicted molar refractivity (Wildman–Crippen MR) is 165 cm³/mol. The first kappa shape index (κ1) is 29.8. The maximum absolute atomic E-state index is 13.3. The van der Waals surface area contributed by atoms with Gasteiger partial charge in [-0.2, -0.15) is 0 Å². The van der Waals surface area contributed by atoms with Crippen molar-refractivity contribution in [1.29, 1.82) is 0 Å². The zero-order valence-electron chi connectivity index (χ0n) is 23.6. The summed E-state index contributed by atoms with van der Waals surface area (Å²) in [6.45, 7) is 0. The summed E-state index contributed by atoms with van der Waals surface area (Å²) >= 11 is -5.93. The molecule has 4 rings (SSSR count). The molecule has 0 saturated carbocycles. The van der Waals surface area contributed by atoms with E-state index in [1.54, 1.807) is 54.6 Å². The third kappa shape index (κ3) is 5.33. The van der Waals surface area contributed by atoms with Crippen LogP contribution in [0.25, 0.3) is 0 Å². The molecule has 202 valence electrons. The van der Waals surface area contributed by atoms with Crippen LogP contribution in [-0.2, 0) is 11.2 Å². The number of aromatic carboxylic acids is 1. The molecular weight excluding hydrogens is 698 g/mol. The summed E-state index contributed by atoms with van der Waals surface area (Å²) in [7, 11) is 0. The van der Waals surface area contributed by atoms with Crippen LogP contribution >= 0.6 is 0 Å². The van der Waals surface area contributed by atoms with E-state index in [0.29, 0.717) is 16.7 Å². The molecule has 0 radical (unpaired) electrons. The topological polar surface area (TPSA) is 77.8 Å². The Morgan fingerprint density at radius 3 is 1.28 bits per heavy atom. The number of hydrogen-bond acceptors (Lipinski definition) is 3. The van der Waals surface area contributed by atoms with Gasteiger partial charge >= 0.3 is 242 Å². The molecule has 4 aromatic rings. The predicted octanol–water partition coefficient (Wildman–Crippen LogP) is 5.65. The number of hydrogen-bond donors (Lipinski definition) is 3. The number of carboxylic acids is 1. The van der Waals surface area contributed by atoms with Crippen molar-refractivity contribution in [3.63, 3.8) is 0 Å². The second-order valence-electron chi connectivity index (χ2n) is 12.2. The van der Waals surface area contributed by atoms with Gasteiger partial charge in [-0.1, -0.05) is 0 Å². The van der Waals surface area contributed by atoms with Crippen molar-refractivity contribution < 1.29 is 20.1 Å². The summed E-state index contributed by atoms with van der Waals surface area (Å²) in [5, 5.41) is 37.1. The van der Waals surface area contributed by atoms with E-state index in [1.807, 2.05) is 42.5 Å². The molecule has 4 nitrogen and oxygen atoms in total. The van der Waals surface area contributed by atoms with E-state index in [-0.39, 0.29) is 11.1 Å². The Labute approximate surface area is 240 Å². The molecule has 0 aliphatic rings. The fourth-order valence-electron chi connectivity index (χ4n) is 5.71. The van der Waals surface area contributed by atoms with Crippen molar-refractivity contribution in [3.05, 3.63) is 131 Å². The summed E-state index contributed by atoms with van der Waals surface area (Å²) in [5.41, 5.74) is -2.39. The van der Waals surface area contributed by atoms with Crippen LogP contribution in [0.5, 0.6) is 0 Å². The normalized spacial score (nSPS) is 14.1. The monoisotopic (exact) mass is 738 g/mol. The van der Waals surface area contributed by atoms with Crippen LogP contribution < -0.4 is 7.16 Å². The maximum atomic E-state index is 13.3. The summed E-state index contributed by atoms with van der Waals surface area (Å²) in [4.78, 5) is 26.9. The first-order valence-corrected chi connectivity index (χ1v) is 33.2. The molecule has 0 heterocycles. The minimum atomic E-state index is -3.13. The van der Waals surface area contributed by atoms with Crippen LogP contribution in [0.3, 0.4) is 0 Å². The zero-order chi connectivity index (χ0) is 28.6. The second-order valence-corrected chi connectivity index (χ2v) is 40.9. The Morgan fingerprint density at radius 1 is 0.564 bits per heavy atom. The molecule has 6 heteroatoms. The van der Waals surface area contributed by atoms with Gasteiger partial charge in [-0.3, -0.25) is 0 Å². The average molecular weight is 736 g/mol. The Kier molecular flexibility index (Phi) is 8.44. The zero-order valence-corrected chi connectivity index (χ0v) is 29.3. The number of carboxylic acid groups (broad SMARTS) is 1. The molecule has 0 aliphatic carbocycles. The molecule has 4 aromatic carbocycles. The van der Waals surface area contributed by atoms with Gasteiger partial charge in [0.1, 0.15) is 0 Å². The van der Waals surface area contributed by atoms with E-state index in [0.717, 1.165) is 3.58 Å². The van der Waals surface area contributed by atoms with Crippen LogP contribution in [0.1, 0.15) is 32.6 Å². The molecule has 0 aliphatic heterocycles. The molecule has 0 spiro atoms. The Morgan fingerprint density at radius 2 is 0.949 bits per heavy atom. The van der Waals surface area contributed by atoms with Gasteiger partial charge in [0, 0.05) is 0 Å². The third-order valence-corrected chi connectivity index (χ3v) is 21.1. The van der Waals surface area contributed by atoms with Gasteiger partial charge in [-0.25, -0.2) is 0 Å². The van der Waals surface area contributed by atoms with Gasteiger partial charge in [-0.05, 0) is 0 Å². The SMILES string of the molecule is [CH3][Sn]([CH3])([CH3])[c]1ccc(C(O)(c2ccccc2)C(O)(c2ccccc2)c2ccccc2)c(C(=O)O)[c]1[Sn]([CH3])([CH3])[CH3]. The van der Waals surface area contributed by atoms with Crippen molar-refractivity contribution in [2.45, 2.75) is 40.8 Å². The standard InChI is InChI=1S/C27H20O4.6CH3.2Sn/c28-25(29)23-18-10-11-19-24(23)27(31,22-16-8-3-9-17-22)26(30,20-12-4-1-5-13-20)21-14-6-2-7-15-21;;;;;;;;/h1-9,11-17,19,30-31H,(H,28,29);6*1H3;;. The van der Waals surface area contributed by atoms with E-state index in [1.165, 1.54) is 3.58 Å². The molecule has 3 N–H and O–H groups in total. The molecule has 1 unspecified atom stereocenters. The number of benzene rings is 4. The fraction of sp³-hybridized carbons (Fsp3) is 0.242. The van der Waals surface area contributed by atoms with E-state index in [4.69, 9.17) is 0 Å². The Bertz CT molecular complexity index is 1420. The van der Waals surface area contributed by atoms with Crippen molar-refractivity contribution in [1.82, 2.24) is 0 Å². The van der Waals surface area contributed by atoms with Crippen molar-refractivity contribution in [2.75, 3.05) is 0 Å². The van der Waals surface area contributed by atoms with Crippen LogP contribution in [0.2, 0.25) is 29.6 Å². The van der Waals surface area contributed by atoms with E-state index >= 15 is 0 Å². The van der Waals surface area contributed by atoms with Crippen molar-refractivity contribution >= 4 is 49.9 Å². The molecule has 0 fully saturated rings. The Balaban J connectivity index is 2.27. The van der Waals surface area contributed by atoms with Gasteiger partial charge < -0.3 is 0 Å².